The van der Waals surface area contributed by atoms with Gasteiger partial charge in [0.1, 0.15) is 5.78 Å². The highest BCUT2D eigenvalue weighted by Gasteiger charge is 2.25. The Morgan fingerprint density at radius 3 is 2.64 bits per heavy atom. The summed E-state index contributed by atoms with van der Waals surface area (Å²) in [4.78, 5) is 19.0. The number of Topliss-reactive ketones (excluding diaryl/α,β-unsaturated/α-hetero) is 1. The van der Waals surface area contributed by atoms with Crippen molar-refractivity contribution < 1.29 is 4.79 Å². The van der Waals surface area contributed by atoms with Gasteiger partial charge in [-0.3, -0.25) is 14.7 Å². The van der Waals surface area contributed by atoms with Crippen LogP contribution >= 0.6 is 0 Å². The smallest absolute Gasteiger partial charge is 0.141 e. The minimum Gasteiger partial charge on any atom is -0.299 e. The van der Waals surface area contributed by atoms with E-state index in [9.17, 15) is 4.79 Å². The number of likely N-dealkylation sites (tertiary alicyclic amines) is 1. The Hall–Kier alpha value is -2.00. The van der Waals surface area contributed by atoms with Crippen LogP contribution in [0.4, 0.5) is 0 Å². The maximum atomic E-state index is 12.5. The summed E-state index contributed by atoms with van der Waals surface area (Å²) >= 11 is 0. The number of nitrogens with zero attached hydrogens (tertiary/aromatic N) is 2. The van der Waals surface area contributed by atoms with Gasteiger partial charge in [-0.05, 0) is 42.6 Å². The van der Waals surface area contributed by atoms with Gasteiger partial charge in [-0.1, -0.05) is 30.3 Å². The van der Waals surface area contributed by atoms with Crippen LogP contribution in [0, 0.1) is 5.92 Å². The molecule has 22 heavy (non-hydrogen) atoms. The molecule has 1 saturated heterocycles. The molecule has 3 heteroatoms. The van der Waals surface area contributed by atoms with Crippen molar-refractivity contribution in [1.29, 1.82) is 0 Å². The van der Waals surface area contributed by atoms with Crippen LogP contribution in [0.25, 0.3) is 0 Å². The summed E-state index contributed by atoms with van der Waals surface area (Å²) in [6.07, 6.45) is 6.36. The molecule has 3 rings (SSSR count). The standard InChI is InChI=1S/C19H22N2O/c22-19(13-16-5-2-1-3-6-16)18-7-4-12-21(15-18)14-17-8-10-20-11-9-17/h1-3,5-6,8-11,18H,4,7,12-15H2/t18-/m1/s1. The third kappa shape index (κ3) is 4.01. The molecule has 0 unspecified atom stereocenters. The van der Waals surface area contributed by atoms with Crippen LogP contribution in [-0.4, -0.2) is 28.8 Å². The van der Waals surface area contributed by atoms with Crippen LogP contribution in [0.3, 0.4) is 0 Å². The fourth-order valence-corrected chi connectivity index (χ4v) is 3.15. The molecule has 0 N–H and O–H groups in total. The van der Waals surface area contributed by atoms with E-state index in [4.69, 9.17) is 0 Å². The van der Waals surface area contributed by atoms with Gasteiger partial charge in [0.15, 0.2) is 0 Å². The Kier molecular flexibility index (Phi) is 4.96. The number of aromatic nitrogens is 1. The molecule has 1 aliphatic heterocycles. The summed E-state index contributed by atoms with van der Waals surface area (Å²) in [7, 11) is 0. The molecule has 2 aromatic rings. The maximum Gasteiger partial charge on any atom is 0.141 e. The van der Waals surface area contributed by atoms with Crippen molar-refractivity contribution in [1.82, 2.24) is 9.88 Å². The molecule has 0 amide bonds. The topological polar surface area (TPSA) is 33.2 Å². The fraction of sp³-hybridized carbons (Fsp3) is 0.368. The predicted octanol–water partition coefficient (Wildman–Crippen LogP) is 3.11. The summed E-state index contributed by atoms with van der Waals surface area (Å²) in [5, 5.41) is 0. The normalized spacial score (nSPS) is 19.0. The number of piperidine rings is 1. The lowest BCUT2D eigenvalue weighted by atomic mass is 9.90. The monoisotopic (exact) mass is 294 g/mol. The number of rotatable bonds is 5. The van der Waals surface area contributed by atoms with Crippen LogP contribution in [-0.2, 0) is 17.8 Å². The third-order valence-electron chi connectivity index (χ3n) is 4.34. The molecule has 114 valence electrons. The highest BCUT2D eigenvalue weighted by atomic mass is 16.1. The van der Waals surface area contributed by atoms with Gasteiger partial charge in [-0.2, -0.15) is 0 Å². The largest absolute Gasteiger partial charge is 0.299 e. The van der Waals surface area contributed by atoms with E-state index in [0.717, 1.165) is 38.0 Å². The summed E-state index contributed by atoms with van der Waals surface area (Å²) < 4.78 is 0. The number of carbonyl (C=O) groups is 1. The average Bonchev–Trinajstić information content (AvgIpc) is 2.57. The van der Waals surface area contributed by atoms with E-state index in [-0.39, 0.29) is 5.92 Å². The molecule has 1 aromatic carbocycles. The van der Waals surface area contributed by atoms with E-state index < -0.39 is 0 Å². The van der Waals surface area contributed by atoms with E-state index in [1.165, 1.54) is 5.56 Å². The van der Waals surface area contributed by atoms with Crippen LogP contribution in [0.1, 0.15) is 24.0 Å². The quantitative estimate of drug-likeness (QED) is 0.849. The van der Waals surface area contributed by atoms with Gasteiger partial charge in [0, 0.05) is 37.8 Å². The van der Waals surface area contributed by atoms with Crippen molar-refractivity contribution in [2.45, 2.75) is 25.8 Å². The van der Waals surface area contributed by atoms with Gasteiger partial charge in [-0.25, -0.2) is 0 Å². The Bertz CT molecular complexity index is 597. The van der Waals surface area contributed by atoms with Crippen LogP contribution in [0.2, 0.25) is 0 Å². The van der Waals surface area contributed by atoms with Crippen molar-refractivity contribution in [2.75, 3.05) is 13.1 Å². The fourth-order valence-electron chi connectivity index (χ4n) is 3.15. The predicted molar refractivity (Wildman–Crippen MR) is 87.4 cm³/mol. The minimum absolute atomic E-state index is 0.177. The third-order valence-corrected chi connectivity index (χ3v) is 4.34. The molecular formula is C19H22N2O. The van der Waals surface area contributed by atoms with E-state index in [1.807, 2.05) is 42.7 Å². The molecule has 0 radical (unpaired) electrons. The summed E-state index contributed by atoms with van der Waals surface area (Å²) in [6, 6.07) is 14.2. The minimum atomic E-state index is 0.177. The second kappa shape index (κ2) is 7.32. The van der Waals surface area contributed by atoms with Gasteiger partial charge in [0.2, 0.25) is 0 Å². The summed E-state index contributed by atoms with van der Waals surface area (Å²) in [5.74, 6) is 0.557. The Morgan fingerprint density at radius 1 is 1.09 bits per heavy atom. The first-order valence-electron chi connectivity index (χ1n) is 7.99. The molecular weight excluding hydrogens is 272 g/mol. The number of pyridine rings is 1. The van der Waals surface area contributed by atoms with Gasteiger partial charge < -0.3 is 0 Å². The summed E-state index contributed by atoms with van der Waals surface area (Å²) in [6.45, 7) is 2.88. The molecule has 1 fully saturated rings. The van der Waals surface area contributed by atoms with Crippen LogP contribution in [0.5, 0.6) is 0 Å². The molecule has 0 aliphatic carbocycles. The first-order valence-corrected chi connectivity index (χ1v) is 7.99. The SMILES string of the molecule is O=C(Cc1ccccc1)[C@@H]1CCCN(Cc2ccncc2)C1. The van der Waals surface area contributed by atoms with Crippen molar-refractivity contribution >= 4 is 5.78 Å². The average molecular weight is 294 g/mol. The van der Waals surface area contributed by atoms with Crippen molar-refractivity contribution in [2.24, 2.45) is 5.92 Å². The lowest BCUT2D eigenvalue weighted by Gasteiger charge is -2.32. The zero-order valence-corrected chi connectivity index (χ0v) is 12.8. The Labute approximate surface area is 132 Å². The lowest BCUT2D eigenvalue weighted by Crippen LogP contribution is -2.38. The first-order chi connectivity index (χ1) is 10.8. The second-order valence-electron chi connectivity index (χ2n) is 6.06. The first kappa shape index (κ1) is 14.9. The molecule has 1 aromatic heterocycles. The van der Waals surface area contributed by atoms with Gasteiger partial charge >= 0.3 is 0 Å². The molecule has 3 nitrogen and oxygen atoms in total. The van der Waals surface area contributed by atoms with E-state index in [2.05, 4.69) is 22.0 Å². The van der Waals surface area contributed by atoms with Crippen LogP contribution < -0.4 is 0 Å². The molecule has 2 heterocycles. The number of hydrogen-bond acceptors (Lipinski definition) is 3. The number of hydrogen-bond donors (Lipinski definition) is 0. The number of ketones is 1. The zero-order chi connectivity index (χ0) is 15.2. The molecule has 1 atom stereocenters. The second-order valence-corrected chi connectivity index (χ2v) is 6.06. The van der Waals surface area contributed by atoms with E-state index in [0.29, 0.717) is 12.2 Å². The Morgan fingerprint density at radius 2 is 1.86 bits per heavy atom. The molecule has 1 aliphatic rings. The number of benzene rings is 1. The Balaban J connectivity index is 1.57. The summed E-state index contributed by atoms with van der Waals surface area (Å²) in [5.41, 5.74) is 2.39. The van der Waals surface area contributed by atoms with E-state index >= 15 is 0 Å². The van der Waals surface area contributed by atoms with Gasteiger partial charge in [0.05, 0.1) is 0 Å². The zero-order valence-electron chi connectivity index (χ0n) is 12.8. The molecule has 0 saturated carbocycles. The lowest BCUT2D eigenvalue weighted by molar-refractivity contribution is -0.123. The highest BCUT2D eigenvalue weighted by molar-refractivity contribution is 5.83. The van der Waals surface area contributed by atoms with Gasteiger partial charge in [0.25, 0.3) is 0 Å². The molecule has 0 bridgehead atoms. The molecule has 0 spiro atoms. The van der Waals surface area contributed by atoms with Crippen LogP contribution in [0.15, 0.2) is 54.9 Å². The van der Waals surface area contributed by atoms with Crippen molar-refractivity contribution in [3.63, 3.8) is 0 Å². The van der Waals surface area contributed by atoms with Crippen molar-refractivity contribution in [3.8, 4) is 0 Å². The maximum absolute atomic E-state index is 12.5. The number of carbonyl (C=O) groups excluding carboxylic acids is 1. The highest BCUT2D eigenvalue weighted by Crippen LogP contribution is 2.20. The van der Waals surface area contributed by atoms with Crippen molar-refractivity contribution in [3.05, 3.63) is 66.0 Å². The van der Waals surface area contributed by atoms with Gasteiger partial charge in [-0.15, -0.1) is 0 Å². The van der Waals surface area contributed by atoms with E-state index in [1.54, 1.807) is 0 Å².